The van der Waals surface area contributed by atoms with Crippen LogP contribution in [-0.4, -0.2) is 5.11 Å². The summed E-state index contributed by atoms with van der Waals surface area (Å²) >= 11 is 0. The van der Waals surface area contributed by atoms with Crippen LogP contribution in [0.4, 0.5) is 0 Å². The van der Waals surface area contributed by atoms with Crippen molar-refractivity contribution in [2.45, 2.75) is 52.1 Å². The van der Waals surface area contributed by atoms with E-state index in [1.54, 1.807) is 0 Å². The van der Waals surface area contributed by atoms with E-state index in [9.17, 15) is 5.11 Å². The Hall–Kier alpha value is -1.28. The fourth-order valence-electron chi connectivity index (χ4n) is 3.52. The predicted octanol–water partition coefficient (Wildman–Crippen LogP) is 4.99. The van der Waals surface area contributed by atoms with Crippen LogP contribution in [0.3, 0.4) is 0 Å². The van der Waals surface area contributed by atoms with Crippen molar-refractivity contribution in [2.75, 3.05) is 0 Å². The molecule has 3 rings (SSSR count). The van der Waals surface area contributed by atoms with Crippen molar-refractivity contribution in [1.82, 2.24) is 0 Å². The van der Waals surface area contributed by atoms with Crippen LogP contribution in [0.5, 0.6) is 0 Å². The lowest BCUT2D eigenvalue weighted by molar-refractivity contribution is 0.0566. The van der Waals surface area contributed by atoms with Crippen LogP contribution in [-0.2, 0) is 0 Å². The Morgan fingerprint density at radius 2 is 2.00 bits per heavy atom. The minimum absolute atomic E-state index is 0.360. The fraction of sp³-hybridized carbons (Fsp3) is 0.556. The average molecular weight is 272 g/mol. The highest BCUT2D eigenvalue weighted by Gasteiger charge is 2.28. The number of para-hydroxylation sites is 1. The molecule has 20 heavy (non-hydrogen) atoms. The quantitative estimate of drug-likeness (QED) is 0.853. The lowest BCUT2D eigenvalue weighted by atomic mass is 9.78. The molecule has 0 aliphatic heterocycles. The molecule has 0 amide bonds. The topological polar surface area (TPSA) is 33.4 Å². The van der Waals surface area contributed by atoms with Crippen molar-refractivity contribution in [2.24, 2.45) is 11.8 Å². The third-order valence-corrected chi connectivity index (χ3v) is 4.97. The Kier molecular flexibility index (Phi) is 3.84. The smallest absolute Gasteiger partial charge is 0.137 e. The maximum Gasteiger partial charge on any atom is 0.137 e. The van der Waals surface area contributed by atoms with Crippen LogP contribution in [0, 0.1) is 18.8 Å². The van der Waals surface area contributed by atoms with E-state index >= 15 is 0 Å². The number of fused-ring (bicyclic) bond motifs is 1. The average Bonchev–Trinajstić information content (AvgIpc) is 2.92. The van der Waals surface area contributed by atoms with Crippen molar-refractivity contribution in [1.29, 1.82) is 0 Å². The standard InChI is InChI=1S/C18H24O2/c1-3-13-7-9-14(10-8-13)17(19)16-11-15-6-4-5-12(2)18(15)20-16/h4-6,11,13-14,17,19H,3,7-10H2,1-2H3. The summed E-state index contributed by atoms with van der Waals surface area (Å²) in [6, 6.07) is 8.15. The third-order valence-electron chi connectivity index (χ3n) is 4.97. The molecule has 1 saturated carbocycles. The number of aliphatic hydroxyl groups is 1. The lowest BCUT2D eigenvalue weighted by Crippen LogP contribution is -2.19. The Labute approximate surface area is 120 Å². The Morgan fingerprint density at radius 3 is 2.65 bits per heavy atom. The summed E-state index contributed by atoms with van der Waals surface area (Å²) in [5.41, 5.74) is 2.06. The molecule has 0 spiro atoms. The van der Waals surface area contributed by atoms with E-state index in [1.165, 1.54) is 19.3 Å². The summed E-state index contributed by atoms with van der Waals surface area (Å²) < 4.78 is 5.92. The molecule has 1 N–H and O–H groups in total. The van der Waals surface area contributed by atoms with Gasteiger partial charge in [-0.3, -0.25) is 0 Å². The van der Waals surface area contributed by atoms with Crippen molar-refractivity contribution in [3.8, 4) is 0 Å². The molecular formula is C18H24O2. The van der Waals surface area contributed by atoms with Gasteiger partial charge in [0.1, 0.15) is 17.4 Å². The summed E-state index contributed by atoms with van der Waals surface area (Å²) in [7, 11) is 0. The molecule has 1 aliphatic rings. The summed E-state index contributed by atoms with van der Waals surface area (Å²) in [6.45, 7) is 4.32. The summed E-state index contributed by atoms with van der Waals surface area (Å²) in [5.74, 6) is 1.96. The first-order valence-corrected chi connectivity index (χ1v) is 7.86. The zero-order valence-corrected chi connectivity index (χ0v) is 12.4. The van der Waals surface area contributed by atoms with E-state index in [2.05, 4.69) is 26.0 Å². The van der Waals surface area contributed by atoms with E-state index in [4.69, 9.17) is 4.42 Å². The van der Waals surface area contributed by atoms with Crippen molar-refractivity contribution in [3.05, 3.63) is 35.6 Å². The Morgan fingerprint density at radius 1 is 1.25 bits per heavy atom. The Bertz CT molecular complexity index is 576. The zero-order valence-electron chi connectivity index (χ0n) is 12.4. The van der Waals surface area contributed by atoms with Gasteiger partial charge in [-0.1, -0.05) is 44.4 Å². The highest BCUT2D eigenvalue weighted by atomic mass is 16.4. The molecule has 1 heterocycles. The van der Waals surface area contributed by atoms with Gasteiger partial charge in [0.25, 0.3) is 0 Å². The van der Waals surface area contributed by atoms with E-state index in [0.717, 1.165) is 41.1 Å². The van der Waals surface area contributed by atoms with Crippen LogP contribution >= 0.6 is 0 Å². The molecule has 0 bridgehead atoms. The van der Waals surface area contributed by atoms with E-state index < -0.39 is 6.10 Å². The first kappa shape index (κ1) is 13.7. The van der Waals surface area contributed by atoms with Crippen LogP contribution in [0.15, 0.2) is 28.7 Å². The molecule has 1 aliphatic carbocycles. The number of rotatable bonds is 3. The molecule has 1 atom stereocenters. The highest BCUT2D eigenvalue weighted by molar-refractivity contribution is 5.80. The Balaban J connectivity index is 1.79. The van der Waals surface area contributed by atoms with Crippen LogP contribution in [0.2, 0.25) is 0 Å². The van der Waals surface area contributed by atoms with Crippen molar-refractivity contribution >= 4 is 11.0 Å². The van der Waals surface area contributed by atoms with E-state index in [1.807, 2.05) is 12.1 Å². The third kappa shape index (κ3) is 2.49. The molecule has 1 aromatic heterocycles. The molecule has 1 aromatic carbocycles. The lowest BCUT2D eigenvalue weighted by Gasteiger charge is -2.30. The number of benzene rings is 1. The van der Waals surface area contributed by atoms with Gasteiger partial charge >= 0.3 is 0 Å². The number of aliphatic hydroxyl groups excluding tert-OH is 1. The van der Waals surface area contributed by atoms with Crippen LogP contribution in [0.1, 0.15) is 56.5 Å². The summed E-state index contributed by atoms with van der Waals surface area (Å²) in [6.07, 6.45) is 5.56. The van der Waals surface area contributed by atoms with Crippen molar-refractivity contribution < 1.29 is 9.52 Å². The molecule has 1 unspecified atom stereocenters. The molecule has 2 nitrogen and oxygen atoms in total. The fourth-order valence-corrected chi connectivity index (χ4v) is 3.52. The van der Waals surface area contributed by atoms with Gasteiger partial charge < -0.3 is 9.52 Å². The zero-order chi connectivity index (χ0) is 14.1. The van der Waals surface area contributed by atoms with Gasteiger partial charge in [0.15, 0.2) is 0 Å². The molecule has 0 radical (unpaired) electrons. The van der Waals surface area contributed by atoms with Gasteiger partial charge in [-0.15, -0.1) is 0 Å². The first-order chi connectivity index (χ1) is 9.69. The monoisotopic (exact) mass is 272 g/mol. The second-order valence-corrected chi connectivity index (χ2v) is 6.28. The minimum atomic E-state index is -0.445. The largest absolute Gasteiger partial charge is 0.458 e. The van der Waals surface area contributed by atoms with Gasteiger partial charge in [0, 0.05) is 5.39 Å². The second-order valence-electron chi connectivity index (χ2n) is 6.28. The number of hydrogen-bond acceptors (Lipinski definition) is 2. The molecule has 1 fully saturated rings. The molecular weight excluding hydrogens is 248 g/mol. The first-order valence-electron chi connectivity index (χ1n) is 7.86. The van der Waals surface area contributed by atoms with Crippen molar-refractivity contribution in [3.63, 3.8) is 0 Å². The molecule has 0 saturated heterocycles. The van der Waals surface area contributed by atoms with E-state index in [-0.39, 0.29) is 0 Å². The predicted molar refractivity (Wildman–Crippen MR) is 81.6 cm³/mol. The highest BCUT2D eigenvalue weighted by Crippen LogP contribution is 2.39. The summed E-state index contributed by atoms with van der Waals surface area (Å²) in [5, 5.41) is 11.7. The maximum absolute atomic E-state index is 10.6. The molecule has 2 heteroatoms. The van der Waals surface area contributed by atoms with E-state index in [0.29, 0.717) is 5.92 Å². The maximum atomic E-state index is 10.6. The van der Waals surface area contributed by atoms with Crippen LogP contribution < -0.4 is 0 Å². The van der Waals surface area contributed by atoms with Gasteiger partial charge in [-0.2, -0.15) is 0 Å². The van der Waals surface area contributed by atoms with Gasteiger partial charge in [0.05, 0.1) is 0 Å². The van der Waals surface area contributed by atoms with Gasteiger partial charge in [0.2, 0.25) is 0 Å². The van der Waals surface area contributed by atoms with Crippen LogP contribution in [0.25, 0.3) is 11.0 Å². The number of furan rings is 1. The van der Waals surface area contributed by atoms with Gasteiger partial charge in [-0.05, 0) is 43.2 Å². The van der Waals surface area contributed by atoms with Gasteiger partial charge in [-0.25, -0.2) is 0 Å². The molecule has 2 aromatic rings. The second kappa shape index (κ2) is 5.61. The minimum Gasteiger partial charge on any atom is -0.458 e. The molecule has 108 valence electrons. The SMILES string of the molecule is CCC1CCC(C(O)c2cc3cccc(C)c3o2)CC1. The normalized spacial score (nSPS) is 24.9. The number of aryl methyl sites for hydroxylation is 1. The summed E-state index contributed by atoms with van der Waals surface area (Å²) in [4.78, 5) is 0. The number of hydrogen-bond donors (Lipinski definition) is 1.